The van der Waals surface area contributed by atoms with Crippen molar-refractivity contribution in [3.8, 4) is 0 Å². The Labute approximate surface area is 104 Å². The van der Waals surface area contributed by atoms with Gasteiger partial charge in [0.1, 0.15) is 6.10 Å². The zero-order chi connectivity index (χ0) is 12.3. The van der Waals surface area contributed by atoms with Gasteiger partial charge in [0.25, 0.3) is 5.91 Å². The van der Waals surface area contributed by atoms with Crippen LogP contribution in [0.25, 0.3) is 0 Å². The molecule has 0 bridgehead atoms. The largest absolute Gasteiger partial charge is 0.385 e. The number of aliphatic hydroxyl groups excluding tert-OH is 1. The molecule has 0 unspecified atom stereocenters. The average molecular weight is 250 g/mol. The Balaban J connectivity index is 1.91. The van der Waals surface area contributed by atoms with Gasteiger partial charge in [-0.1, -0.05) is 6.07 Å². The minimum atomic E-state index is -0.682. The van der Waals surface area contributed by atoms with E-state index in [2.05, 4.69) is 5.32 Å². The molecule has 1 amide bonds. The van der Waals surface area contributed by atoms with Crippen LogP contribution < -0.4 is 5.32 Å². The first-order chi connectivity index (χ1) is 8.18. The van der Waals surface area contributed by atoms with E-state index in [1.165, 1.54) is 11.3 Å². The van der Waals surface area contributed by atoms with E-state index >= 15 is 0 Å². The molecule has 0 aromatic carbocycles. The van der Waals surface area contributed by atoms with Crippen LogP contribution in [0.15, 0.2) is 35.8 Å². The van der Waals surface area contributed by atoms with E-state index in [-0.39, 0.29) is 12.5 Å². The summed E-state index contributed by atoms with van der Waals surface area (Å²) in [7, 11) is 1.86. The van der Waals surface area contributed by atoms with Crippen LogP contribution in [0.2, 0.25) is 0 Å². The molecule has 4 nitrogen and oxygen atoms in total. The molecule has 2 rings (SSSR count). The van der Waals surface area contributed by atoms with Crippen LogP contribution in [0.4, 0.5) is 0 Å². The number of thiophene rings is 1. The Morgan fingerprint density at radius 1 is 1.53 bits per heavy atom. The quantitative estimate of drug-likeness (QED) is 0.865. The van der Waals surface area contributed by atoms with Crippen LogP contribution in [0.3, 0.4) is 0 Å². The Morgan fingerprint density at radius 2 is 2.35 bits per heavy atom. The van der Waals surface area contributed by atoms with E-state index in [1.807, 2.05) is 41.4 Å². The van der Waals surface area contributed by atoms with Crippen molar-refractivity contribution in [2.24, 2.45) is 7.05 Å². The summed E-state index contributed by atoms with van der Waals surface area (Å²) in [5.74, 6) is -0.145. The van der Waals surface area contributed by atoms with Crippen LogP contribution in [0, 0.1) is 0 Å². The molecule has 17 heavy (non-hydrogen) atoms. The van der Waals surface area contributed by atoms with Crippen molar-refractivity contribution in [3.63, 3.8) is 0 Å². The summed E-state index contributed by atoms with van der Waals surface area (Å²) < 4.78 is 1.84. The first kappa shape index (κ1) is 11.9. The molecular weight excluding hydrogens is 236 g/mol. The van der Waals surface area contributed by atoms with Crippen LogP contribution in [-0.2, 0) is 7.05 Å². The lowest BCUT2D eigenvalue weighted by atomic mass is 10.2. The number of hydrogen-bond donors (Lipinski definition) is 2. The number of rotatable bonds is 4. The molecule has 2 aromatic heterocycles. The predicted molar refractivity (Wildman–Crippen MR) is 67.0 cm³/mol. The van der Waals surface area contributed by atoms with E-state index in [1.54, 1.807) is 6.07 Å². The number of aliphatic hydroxyl groups is 1. The molecule has 0 spiro atoms. The SMILES string of the molecule is Cn1cccc1[C@H](O)CNC(=O)c1cccs1. The lowest BCUT2D eigenvalue weighted by Gasteiger charge is -2.12. The minimum Gasteiger partial charge on any atom is -0.385 e. The van der Waals surface area contributed by atoms with E-state index in [4.69, 9.17) is 0 Å². The van der Waals surface area contributed by atoms with E-state index < -0.39 is 6.10 Å². The highest BCUT2D eigenvalue weighted by molar-refractivity contribution is 7.12. The highest BCUT2D eigenvalue weighted by atomic mass is 32.1. The normalized spacial score (nSPS) is 12.4. The van der Waals surface area contributed by atoms with Gasteiger partial charge in [0.2, 0.25) is 0 Å². The maximum atomic E-state index is 11.6. The summed E-state index contributed by atoms with van der Waals surface area (Å²) in [4.78, 5) is 12.3. The lowest BCUT2D eigenvalue weighted by molar-refractivity contribution is 0.0916. The minimum absolute atomic E-state index is 0.145. The van der Waals surface area contributed by atoms with Crippen LogP contribution >= 0.6 is 11.3 Å². The first-order valence-corrected chi connectivity index (χ1v) is 6.17. The molecule has 2 N–H and O–H groups in total. The molecule has 1 atom stereocenters. The van der Waals surface area contributed by atoms with Crippen LogP contribution in [0.5, 0.6) is 0 Å². The maximum absolute atomic E-state index is 11.6. The second-order valence-electron chi connectivity index (χ2n) is 3.75. The number of aryl methyl sites for hydroxylation is 1. The second-order valence-corrected chi connectivity index (χ2v) is 4.69. The van der Waals surface area contributed by atoms with Crippen molar-refractivity contribution in [3.05, 3.63) is 46.4 Å². The number of amides is 1. The van der Waals surface area contributed by atoms with Crippen LogP contribution in [0.1, 0.15) is 21.5 Å². The molecule has 0 aliphatic rings. The Bertz CT molecular complexity index is 490. The van der Waals surface area contributed by atoms with Crippen molar-refractivity contribution in [1.29, 1.82) is 0 Å². The summed E-state index contributed by atoms with van der Waals surface area (Å²) in [6.07, 6.45) is 1.18. The summed E-state index contributed by atoms with van der Waals surface area (Å²) in [6.45, 7) is 0.217. The van der Waals surface area contributed by atoms with Gasteiger partial charge in [-0.2, -0.15) is 0 Å². The fourth-order valence-corrected chi connectivity index (χ4v) is 2.25. The van der Waals surface area contributed by atoms with Gasteiger partial charge in [0.15, 0.2) is 0 Å². The molecule has 0 fully saturated rings. The molecule has 0 aliphatic heterocycles. The molecule has 2 heterocycles. The molecular formula is C12H14N2O2S. The van der Waals surface area contributed by atoms with Gasteiger partial charge in [0, 0.05) is 25.5 Å². The van der Waals surface area contributed by atoms with Gasteiger partial charge >= 0.3 is 0 Å². The summed E-state index contributed by atoms with van der Waals surface area (Å²) in [6, 6.07) is 7.28. The number of carbonyl (C=O) groups is 1. The van der Waals surface area contributed by atoms with Crippen molar-refractivity contribution in [2.75, 3.05) is 6.54 Å². The topological polar surface area (TPSA) is 54.3 Å². The van der Waals surface area contributed by atoms with Gasteiger partial charge in [-0.25, -0.2) is 0 Å². The lowest BCUT2D eigenvalue weighted by Crippen LogP contribution is -2.28. The van der Waals surface area contributed by atoms with Crippen LogP contribution in [-0.4, -0.2) is 22.1 Å². The van der Waals surface area contributed by atoms with E-state index in [0.29, 0.717) is 4.88 Å². The monoisotopic (exact) mass is 250 g/mol. The Morgan fingerprint density at radius 3 is 2.94 bits per heavy atom. The highest BCUT2D eigenvalue weighted by Crippen LogP contribution is 2.12. The highest BCUT2D eigenvalue weighted by Gasteiger charge is 2.13. The zero-order valence-electron chi connectivity index (χ0n) is 9.46. The summed E-state index contributed by atoms with van der Waals surface area (Å²) in [5.41, 5.74) is 0.788. The Kier molecular flexibility index (Phi) is 3.61. The number of nitrogens with one attached hydrogen (secondary N) is 1. The predicted octanol–water partition coefficient (Wildman–Crippen LogP) is 1.55. The zero-order valence-corrected chi connectivity index (χ0v) is 10.3. The number of carbonyl (C=O) groups excluding carboxylic acids is 1. The van der Waals surface area contributed by atoms with Crippen molar-refractivity contribution in [1.82, 2.24) is 9.88 Å². The number of hydrogen-bond acceptors (Lipinski definition) is 3. The maximum Gasteiger partial charge on any atom is 0.261 e. The van der Waals surface area contributed by atoms with Crippen molar-refractivity contribution < 1.29 is 9.90 Å². The smallest absolute Gasteiger partial charge is 0.261 e. The van der Waals surface area contributed by atoms with Gasteiger partial charge in [0.05, 0.1) is 4.88 Å². The fourth-order valence-electron chi connectivity index (χ4n) is 1.61. The number of aromatic nitrogens is 1. The third kappa shape index (κ3) is 2.75. The van der Waals surface area contributed by atoms with Gasteiger partial charge in [-0.05, 0) is 23.6 Å². The average Bonchev–Trinajstić information content (AvgIpc) is 2.95. The fraction of sp³-hybridized carbons (Fsp3) is 0.250. The Hall–Kier alpha value is -1.59. The molecule has 5 heteroatoms. The molecule has 0 saturated carbocycles. The molecule has 2 aromatic rings. The molecule has 0 saturated heterocycles. The van der Waals surface area contributed by atoms with E-state index in [0.717, 1.165) is 5.69 Å². The van der Waals surface area contributed by atoms with E-state index in [9.17, 15) is 9.90 Å². The summed E-state index contributed by atoms with van der Waals surface area (Å²) >= 11 is 1.38. The third-order valence-corrected chi connectivity index (χ3v) is 3.39. The molecule has 0 radical (unpaired) electrons. The molecule has 90 valence electrons. The standard InChI is InChI=1S/C12H14N2O2S/c1-14-6-2-4-9(14)10(15)8-13-12(16)11-5-3-7-17-11/h2-7,10,15H,8H2,1H3,(H,13,16)/t10-/m1/s1. The van der Waals surface area contributed by atoms with Gasteiger partial charge < -0.3 is 15.0 Å². The van der Waals surface area contributed by atoms with Crippen molar-refractivity contribution in [2.45, 2.75) is 6.10 Å². The first-order valence-electron chi connectivity index (χ1n) is 5.29. The summed E-state index contributed by atoms with van der Waals surface area (Å²) in [5, 5.41) is 14.5. The van der Waals surface area contributed by atoms with Crippen molar-refractivity contribution >= 4 is 17.2 Å². The van der Waals surface area contributed by atoms with Gasteiger partial charge in [-0.15, -0.1) is 11.3 Å². The molecule has 0 aliphatic carbocycles. The van der Waals surface area contributed by atoms with Gasteiger partial charge in [-0.3, -0.25) is 4.79 Å². The number of nitrogens with zero attached hydrogens (tertiary/aromatic N) is 1. The third-order valence-electron chi connectivity index (χ3n) is 2.53. The second kappa shape index (κ2) is 5.16.